The van der Waals surface area contributed by atoms with Crippen LogP contribution in [0.4, 0.5) is 0 Å². The first-order valence-corrected chi connectivity index (χ1v) is 6.79. The van der Waals surface area contributed by atoms with Crippen LogP contribution in [-0.2, 0) is 14.3 Å². The molecule has 0 amide bonds. The number of esters is 1. The minimum absolute atomic E-state index is 0.118. The van der Waals surface area contributed by atoms with Crippen LogP contribution in [-0.4, -0.2) is 36.9 Å². The zero-order valence-corrected chi connectivity index (χ0v) is 12.9. The Labute approximate surface area is 111 Å². The third kappa shape index (κ3) is 5.83. The molecule has 0 aromatic heterocycles. The first kappa shape index (κ1) is 17.4. The second kappa shape index (κ2) is 7.74. The second-order valence-electron chi connectivity index (χ2n) is 5.61. The maximum Gasteiger partial charge on any atom is 0.328 e. The molecule has 0 saturated heterocycles. The largest absolute Gasteiger partial charge is 0.465 e. The van der Waals surface area contributed by atoms with Gasteiger partial charge in [-0.3, -0.25) is 5.32 Å². The minimum atomic E-state index is -0.784. The van der Waals surface area contributed by atoms with Crippen molar-refractivity contribution < 1.29 is 14.3 Å². The zero-order valence-electron chi connectivity index (χ0n) is 12.9. The summed E-state index contributed by atoms with van der Waals surface area (Å²) in [6.45, 7) is 14.6. The van der Waals surface area contributed by atoms with Crippen LogP contribution in [0.5, 0.6) is 0 Å². The molecular formula is C14H29NO3. The van der Waals surface area contributed by atoms with Gasteiger partial charge in [0.2, 0.25) is 0 Å². The maximum atomic E-state index is 12.0. The summed E-state index contributed by atoms with van der Waals surface area (Å²) in [7, 11) is 0. The van der Waals surface area contributed by atoms with Gasteiger partial charge in [-0.1, -0.05) is 13.8 Å². The lowest BCUT2D eigenvalue weighted by Gasteiger charge is -2.32. The van der Waals surface area contributed by atoms with E-state index in [2.05, 4.69) is 19.2 Å². The highest BCUT2D eigenvalue weighted by Gasteiger charge is 2.36. The Morgan fingerprint density at radius 3 is 2.17 bits per heavy atom. The van der Waals surface area contributed by atoms with E-state index >= 15 is 0 Å². The number of hydrogen-bond donors (Lipinski definition) is 1. The summed E-state index contributed by atoms with van der Waals surface area (Å²) < 4.78 is 10.9. The van der Waals surface area contributed by atoms with Crippen molar-refractivity contribution in [2.45, 2.75) is 66.2 Å². The molecule has 0 fully saturated rings. The molecule has 4 nitrogen and oxygen atoms in total. The summed E-state index contributed by atoms with van der Waals surface area (Å²) in [6, 6.07) is 0.192. The molecular weight excluding hydrogens is 230 g/mol. The van der Waals surface area contributed by atoms with E-state index in [0.717, 1.165) is 0 Å². The van der Waals surface area contributed by atoms with Crippen molar-refractivity contribution in [1.82, 2.24) is 5.32 Å². The lowest BCUT2D eigenvalue weighted by molar-refractivity contribution is -0.155. The zero-order chi connectivity index (χ0) is 14.3. The lowest BCUT2D eigenvalue weighted by atomic mass is 10.0. The van der Waals surface area contributed by atoms with Crippen molar-refractivity contribution in [2.24, 2.45) is 5.92 Å². The minimum Gasteiger partial charge on any atom is -0.465 e. The SMILES string of the molecule is CCOC(=O)C(C)(COC(C)C(C)C)NC(C)C. The van der Waals surface area contributed by atoms with Gasteiger partial charge < -0.3 is 9.47 Å². The van der Waals surface area contributed by atoms with Crippen LogP contribution in [0, 0.1) is 5.92 Å². The van der Waals surface area contributed by atoms with Crippen LogP contribution in [0.1, 0.15) is 48.5 Å². The van der Waals surface area contributed by atoms with Crippen LogP contribution < -0.4 is 5.32 Å². The molecule has 0 saturated carbocycles. The molecule has 0 aromatic rings. The smallest absolute Gasteiger partial charge is 0.328 e. The summed E-state index contributed by atoms with van der Waals surface area (Å²) in [5, 5.41) is 3.24. The molecule has 2 unspecified atom stereocenters. The lowest BCUT2D eigenvalue weighted by Crippen LogP contribution is -2.56. The standard InChI is InChI=1S/C14H29NO3/c1-8-17-13(16)14(7,15-11(4)5)9-18-12(6)10(2)3/h10-12,15H,8-9H2,1-7H3. The molecule has 0 bridgehead atoms. The van der Waals surface area contributed by atoms with E-state index in [0.29, 0.717) is 19.1 Å². The fraction of sp³-hybridized carbons (Fsp3) is 0.929. The van der Waals surface area contributed by atoms with Crippen molar-refractivity contribution in [1.29, 1.82) is 0 Å². The van der Waals surface area contributed by atoms with Gasteiger partial charge in [-0.15, -0.1) is 0 Å². The molecule has 0 aromatic carbocycles. The Kier molecular flexibility index (Phi) is 7.48. The first-order valence-electron chi connectivity index (χ1n) is 6.79. The van der Waals surface area contributed by atoms with Gasteiger partial charge in [0.05, 0.1) is 19.3 Å². The average Bonchev–Trinajstić information content (AvgIpc) is 2.25. The summed E-state index contributed by atoms with van der Waals surface area (Å²) in [6.07, 6.45) is 0.118. The van der Waals surface area contributed by atoms with Gasteiger partial charge in [0.15, 0.2) is 0 Å². The predicted molar refractivity (Wildman–Crippen MR) is 73.6 cm³/mol. The summed E-state index contributed by atoms with van der Waals surface area (Å²) in [5.41, 5.74) is -0.784. The van der Waals surface area contributed by atoms with Crippen molar-refractivity contribution in [3.05, 3.63) is 0 Å². The number of hydrogen-bond acceptors (Lipinski definition) is 4. The highest BCUT2D eigenvalue weighted by molar-refractivity contribution is 5.80. The Morgan fingerprint density at radius 2 is 1.78 bits per heavy atom. The van der Waals surface area contributed by atoms with E-state index in [1.54, 1.807) is 0 Å². The number of carbonyl (C=O) groups excluding carboxylic acids is 1. The van der Waals surface area contributed by atoms with E-state index in [4.69, 9.17) is 9.47 Å². The molecule has 0 rings (SSSR count). The highest BCUT2D eigenvalue weighted by Crippen LogP contribution is 2.13. The molecule has 18 heavy (non-hydrogen) atoms. The molecule has 0 radical (unpaired) electrons. The van der Waals surface area contributed by atoms with Gasteiger partial charge in [-0.2, -0.15) is 0 Å². The van der Waals surface area contributed by atoms with Crippen LogP contribution in [0.2, 0.25) is 0 Å². The van der Waals surface area contributed by atoms with E-state index in [1.165, 1.54) is 0 Å². The van der Waals surface area contributed by atoms with Crippen molar-refractivity contribution in [3.63, 3.8) is 0 Å². The Morgan fingerprint density at radius 1 is 1.22 bits per heavy atom. The van der Waals surface area contributed by atoms with Crippen LogP contribution in [0.15, 0.2) is 0 Å². The fourth-order valence-corrected chi connectivity index (χ4v) is 1.58. The van der Waals surface area contributed by atoms with E-state index < -0.39 is 5.54 Å². The number of carbonyl (C=O) groups is 1. The topological polar surface area (TPSA) is 47.6 Å². The molecule has 0 heterocycles. The van der Waals surface area contributed by atoms with Crippen LogP contribution >= 0.6 is 0 Å². The maximum absolute atomic E-state index is 12.0. The molecule has 1 N–H and O–H groups in total. The molecule has 0 aliphatic rings. The molecule has 2 atom stereocenters. The van der Waals surface area contributed by atoms with Gasteiger partial charge in [-0.05, 0) is 40.5 Å². The van der Waals surface area contributed by atoms with Crippen LogP contribution in [0.25, 0.3) is 0 Å². The highest BCUT2D eigenvalue weighted by atomic mass is 16.5. The Hall–Kier alpha value is -0.610. The molecule has 0 aliphatic heterocycles. The number of ether oxygens (including phenoxy) is 2. The summed E-state index contributed by atoms with van der Waals surface area (Å²) in [4.78, 5) is 12.0. The first-order chi connectivity index (χ1) is 8.23. The second-order valence-corrected chi connectivity index (χ2v) is 5.61. The Bertz CT molecular complexity index is 253. The Balaban J connectivity index is 4.61. The van der Waals surface area contributed by atoms with Gasteiger partial charge >= 0.3 is 5.97 Å². The third-order valence-electron chi connectivity index (χ3n) is 2.91. The number of rotatable bonds is 8. The van der Waals surface area contributed by atoms with Crippen LogP contribution in [0.3, 0.4) is 0 Å². The van der Waals surface area contributed by atoms with E-state index in [-0.39, 0.29) is 18.1 Å². The molecule has 108 valence electrons. The number of nitrogens with one attached hydrogen (secondary N) is 1. The normalized spacial score (nSPS) is 16.7. The quantitative estimate of drug-likeness (QED) is 0.680. The monoisotopic (exact) mass is 259 g/mol. The fourth-order valence-electron chi connectivity index (χ4n) is 1.58. The van der Waals surface area contributed by atoms with E-state index in [9.17, 15) is 4.79 Å². The average molecular weight is 259 g/mol. The molecule has 0 aliphatic carbocycles. The van der Waals surface area contributed by atoms with Crippen molar-refractivity contribution >= 4 is 5.97 Å². The van der Waals surface area contributed by atoms with Crippen molar-refractivity contribution in [3.8, 4) is 0 Å². The van der Waals surface area contributed by atoms with E-state index in [1.807, 2.05) is 34.6 Å². The van der Waals surface area contributed by atoms with Gasteiger partial charge in [-0.25, -0.2) is 4.79 Å². The summed E-state index contributed by atoms with van der Waals surface area (Å²) >= 11 is 0. The van der Waals surface area contributed by atoms with Crippen molar-refractivity contribution in [2.75, 3.05) is 13.2 Å². The van der Waals surface area contributed by atoms with Gasteiger partial charge in [0.1, 0.15) is 5.54 Å². The summed E-state index contributed by atoms with van der Waals surface area (Å²) in [5.74, 6) is 0.171. The van der Waals surface area contributed by atoms with Gasteiger partial charge in [0, 0.05) is 6.04 Å². The molecule has 4 heteroatoms. The predicted octanol–water partition coefficient (Wildman–Crippen LogP) is 2.37. The molecule has 0 spiro atoms. The van der Waals surface area contributed by atoms with Gasteiger partial charge in [0.25, 0.3) is 0 Å². The third-order valence-corrected chi connectivity index (χ3v) is 2.91.